The van der Waals surface area contributed by atoms with Gasteiger partial charge in [-0.05, 0) is 32.1 Å². The number of carboxylic acid groups (broad SMARTS) is 1. The Morgan fingerprint density at radius 3 is 1.38 bits per heavy atom. The molecule has 6 nitrogen and oxygen atoms in total. The predicted molar refractivity (Wildman–Crippen MR) is 107 cm³/mol. The third-order valence-electron chi connectivity index (χ3n) is 4.15. The van der Waals surface area contributed by atoms with E-state index >= 15 is 0 Å². The van der Waals surface area contributed by atoms with Crippen LogP contribution < -0.4 is 59.1 Å². The first kappa shape index (κ1) is 37.4. The number of allylic oxidation sites excluding steroid dienone is 2. The Bertz CT molecular complexity index is 448. The molecule has 0 aliphatic carbocycles. The summed E-state index contributed by atoms with van der Waals surface area (Å²) in [4.78, 5) is 10.4. The van der Waals surface area contributed by atoms with Crippen LogP contribution in [0.5, 0.6) is 0 Å². The normalized spacial score (nSPS) is 10.6. The molecule has 0 fully saturated rings. The van der Waals surface area contributed by atoms with Crippen molar-refractivity contribution in [1.82, 2.24) is 0 Å². The molecular formula is C20H38Na2O6S. The van der Waals surface area contributed by atoms with E-state index in [0.717, 1.165) is 12.8 Å². The average molecular weight is 453 g/mol. The van der Waals surface area contributed by atoms with Crippen LogP contribution in [0.15, 0.2) is 12.2 Å². The van der Waals surface area contributed by atoms with Crippen molar-refractivity contribution in [1.29, 1.82) is 0 Å². The standard InChI is InChI=1S/C20H38O2.2Na.H2O4S/c1-2-3-4-5-6-7-8-9-10-11-12-13-14-15-16-17-18-19-20(21)22;;;1-5(2,3)4/h9-10H,2-8,11-19H2,1H3,(H,21,22);;;(H2,1,2,3,4)/q;2*+1;/p-2/b10-9-;;;. The van der Waals surface area contributed by atoms with Crippen LogP contribution in [0.1, 0.15) is 110 Å². The zero-order chi connectivity index (χ0) is 20.8. The maximum Gasteiger partial charge on any atom is 1.00 e. The van der Waals surface area contributed by atoms with Crippen LogP contribution in [0.25, 0.3) is 0 Å². The number of hydrogen-bond donors (Lipinski definition) is 1. The summed E-state index contributed by atoms with van der Waals surface area (Å²) in [5, 5.41) is 8.53. The molecule has 1 N–H and O–H groups in total. The van der Waals surface area contributed by atoms with Gasteiger partial charge in [-0.3, -0.25) is 13.2 Å². The van der Waals surface area contributed by atoms with Crippen molar-refractivity contribution in [3.8, 4) is 0 Å². The molecule has 0 heterocycles. The summed E-state index contributed by atoms with van der Waals surface area (Å²) >= 11 is 0. The van der Waals surface area contributed by atoms with Crippen molar-refractivity contribution in [2.24, 2.45) is 0 Å². The number of hydrogen-bond acceptors (Lipinski definition) is 5. The largest absolute Gasteiger partial charge is 1.00 e. The predicted octanol–water partition coefficient (Wildman–Crippen LogP) is -0.441. The van der Waals surface area contributed by atoms with Gasteiger partial charge in [-0.15, -0.1) is 0 Å². The maximum atomic E-state index is 10.4. The maximum absolute atomic E-state index is 10.4. The number of unbranched alkanes of at least 4 members (excludes halogenated alkanes) is 13. The molecule has 162 valence electrons. The summed E-state index contributed by atoms with van der Waals surface area (Å²) in [7, 11) is -5.17. The van der Waals surface area contributed by atoms with Crippen molar-refractivity contribution >= 4 is 16.4 Å². The first-order valence-electron chi connectivity index (χ1n) is 10.3. The Morgan fingerprint density at radius 1 is 0.724 bits per heavy atom. The Balaban J connectivity index is -0.000000396. The van der Waals surface area contributed by atoms with Crippen molar-refractivity contribution in [2.45, 2.75) is 110 Å². The topological polar surface area (TPSA) is 118 Å². The number of carbonyl (C=O) groups is 1. The minimum Gasteiger partial charge on any atom is -0.759 e. The molecule has 0 amide bonds. The molecular weight excluding hydrogens is 414 g/mol. The molecule has 0 saturated carbocycles. The van der Waals surface area contributed by atoms with E-state index in [1.54, 1.807) is 0 Å². The van der Waals surface area contributed by atoms with Crippen LogP contribution in [0.4, 0.5) is 0 Å². The fourth-order valence-corrected chi connectivity index (χ4v) is 2.70. The average Bonchev–Trinajstić information content (AvgIpc) is 2.56. The molecule has 0 aliphatic heterocycles. The molecule has 0 aliphatic rings. The zero-order valence-corrected chi connectivity index (χ0v) is 23.7. The van der Waals surface area contributed by atoms with Crippen molar-refractivity contribution in [3.05, 3.63) is 12.2 Å². The Kier molecular flexibility index (Phi) is 37.5. The first-order chi connectivity index (χ1) is 12.8. The van der Waals surface area contributed by atoms with E-state index in [0.29, 0.717) is 6.42 Å². The number of rotatable bonds is 17. The van der Waals surface area contributed by atoms with Gasteiger partial charge in [0.25, 0.3) is 0 Å². The summed E-state index contributed by atoms with van der Waals surface area (Å²) < 4.78 is 34.1. The van der Waals surface area contributed by atoms with Crippen LogP contribution in [-0.4, -0.2) is 28.6 Å². The number of aliphatic carboxylic acids is 1. The van der Waals surface area contributed by atoms with Gasteiger partial charge in [-0.25, -0.2) is 0 Å². The minimum atomic E-state index is -5.17. The van der Waals surface area contributed by atoms with Gasteiger partial charge < -0.3 is 14.2 Å². The Hall–Kier alpha value is 1.08. The van der Waals surface area contributed by atoms with Gasteiger partial charge in [0.2, 0.25) is 0 Å². The molecule has 0 rings (SSSR count). The third kappa shape index (κ3) is 52.9. The van der Waals surface area contributed by atoms with Crippen molar-refractivity contribution < 1.29 is 86.5 Å². The van der Waals surface area contributed by atoms with E-state index in [9.17, 15) is 4.79 Å². The Morgan fingerprint density at radius 2 is 1.03 bits per heavy atom. The van der Waals surface area contributed by atoms with Crippen LogP contribution in [-0.2, 0) is 15.2 Å². The van der Waals surface area contributed by atoms with Crippen LogP contribution in [0, 0.1) is 0 Å². The molecule has 29 heavy (non-hydrogen) atoms. The van der Waals surface area contributed by atoms with E-state index in [-0.39, 0.29) is 59.1 Å². The quantitative estimate of drug-likeness (QED) is 0.105. The molecule has 0 spiro atoms. The number of carboxylic acids is 1. The first-order valence-corrected chi connectivity index (χ1v) is 11.6. The van der Waals surface area contributed by atoms with Crippen LogP contribution in [0.3, 0.4) is 0 Å². The van der Waals surface area contributed by atoms with Gasteiger partial charge in [-0.1, -0.05) is 83.3 Å². The monoisotopic (exact) mass is 452 g/mol. The third-order valence-corrected chi connectivity index (χ3v) is 4.15. The summed E-state index contributed by atoms with van der Waals surface area (Å²) in [6.45, 7) is 2.27. The summed E-state index contributed by atoms with van der Waals surface area (Å²) in [5.74, 6) is -0.659. The van der Waals surface area contributed by atoms with Crippen LogP contribution in [0.2, 0.25) is 0 Å². The smallest absolute Gasteiger partial charge is 0.759 e. The van der Waals surface area contributed by atoms with E-state index in [1.807, 2.05) is 0 Å². The van der Waals surface area contributed by atoms with Gasteiger partial charge in [0.1, 0.15) is 0 Å². The fourth-order valence-electron chi connectivity index (χ4n) is 2.70. The molecule has 0 saturated heterocycles. The van der Waals surface area contributed by atoms with Gasteiger partial charge in [0.05, 0.1) is 0 Å². The molecule has 0 aromatic carbocycles. The molecule has 0 aromatic rings. The molecule has 0 unspecified atom stereocenters. The summed E-state index contributed by atoms with van der Waals surface area (Å²) in [6, 6.07) is 0. The fraction of sp³-hybridized carbons (Fsp3) is 0.850. The van der Waals surface area contributed by atoms with Crippen molar-refractivity contribution in [2.75, 3.05) is 0 Å². The van der Waals surface area contributed by atoms with E-state index in [4.69, 9.17) is 22.6 Å². The molecule has 0 atom stereocenters. The second-order valence-corrected chi connectivity index (χ2v) is 7.66. The second kappa shape index (κ2) is 29.1. The summed E-state index contributed by atoms with van der Waals surface area (Å²) in [6.07, 6.45) is 24.2. The van der Waals surface area contributed by atoms with Gasteiger partial charge in [0.15, 0.2) is 0 Å². The van der Waals surface area contributed by atoms with Gasteiger partial charge in [-0.2, -0.15) is 0 Å². The SMILES string of the molecule is CCCCCCCC/C=C\CCCCCCCCCC(=O)O.O=S(=O)([O-])[O-].[Na+].[Na+]. The molecule has 0 aromatic heterocycles. The Labute approximate surface area is 222 Å². The van der Waals surface area contributed by atoms with Gasteiger partial charge in [0, 0.05) is 16.8 Å². The second-order valence-electron chi connectivity index (χ2n) is 6.84. The van der Waals surface area contributed by atoms with Gasteiger partial charge >= 0.3 is 65.1 Å². The van der Waals surface area contributed by atoms with E-state index < -0.39 is 16.4 Å². The molecule has 0 bridgehead atoms. The van der Waals surface area contributed by atoms with Crippen molar-refractivity contribution in [3.63, 3.8) is 0 Å². The van der Waals surface area contributed by atoms with Crippen LogP contribution >= 0.6 is 0 Å². The summed E-state index contributed by atoms with van der Waals surface area (Å²) in [5.41, 5.74) is 0. The van der Waals surface area contributed by atoms with E-state index in [1.165, 1.54) is 83.5 Å². The molecule has 9 heteroatoms. The van der Waals surface area contributed by atoms with E-state index in [2.05, 4.69) is 19.1 Å². The minimum absolute atomic E-state index is 0. The molecule has 0 radical (unpaired) electrons. The zero-order valence-electron chi connectivity index (χ0n) is 18.9.